The molecule has 2 N–H and O–H groups in total. The van der Waals surface area contributed by atoms with Crippen molar-refractivity contribution in [3.05, 3.63) is 22.4 Å². The summed E-state index contributed by atoms with van der Waals surface area (Å²) < 4.78 is 0. The minimum atomic E-state index is -0.404. The van der Waals surface area contributed by atoms with E-state index in [2.05, 4.69) is 17.2 Å². The van der Waals surface area contributed by atoms with Crippen LogP contribution in [0.4, 0.5) is 0 Å². The van der Waals surface area contributed by atoms with Crippen molar-refractivity contribution in [3.8, 4) is 11.8 Å². The van der Waals surface area contributed by atoms with Gasteiger partial charge in [0.15, 0.2) is 0 Å². The minimum absolute atomic E-state index is 0.404. The van der Waals surface area contributed by atoms with E-state index in [4.69, 9.17) is 0 Å². The van der Waals surface area contributed by atoms with Crippen molar-refractivity contribution in [2.75, 3.05) is 13.1 Å². The van der Waals surface area contributed by atoms with Gasteiger partial charge in [-0.2, -0.15) is 0 Å². The van der Waals surface area contributed by atoms with Crippen LogP contribution in [-0.2, 0) is 0 Å². The quantitative estimate of drug-likeness (QED) is 0.562. The lowest BCUT2D eigenvalue weighted by Crippen LogP contribution is -2.21. The molecule has 0 aliphatic heterocycles. The fraction of sp³-hybridized carbons (Fsp3) is 0.400. The summed E-state index contributed by atoms with van der Waals surface area (Å²) in [5.41, 5.74) is 0. The maximum Gasteiger partial charge on any atom is 0.101 e. The molecule has 0 aliphatic carbocycles. The monoisotopic (exact) mass is 195 g/mol. The molecular weight excluding hydrogens is 182 g/mol. The zero-order chi connectivity index (χ0) is 9.52. The third-order valence-corrected chi connectivity index (χ3v) is 2.57. The number of thiophene rings is 1. The van der Waals surface area contributed by atoms with Crippen LogP contribution in [0.5, 0.6) is 0 Å². The molecule has 1 aromatic heterocycles. The molecule has 0 aliphatic rings. The van der Waals surface area contributed by atoms with Gasteiger partial charge in [-0.3, -0.25) is 0 Å². The Morgan fingerprint density at radius 1 is 1.69 bits per heavy atom. The Morgan fingerprint density at radius 2 is 2.54 bits per heavy atom. The Morgan fingerprint density at radius 3 is 3.15 bits per heavy atom. The third kappa shape index (κ3) is 3.60. The highest BCUT2D eigenvalue weighted by atomic mass is 32.1. The maximum absolute atomic E-state index is 9.61. The summed E-state index contributed by atoms with van der Waals surface area (Å²) in [5.74, 6) is 5.66. The average Bonchev–Trinajstić information content (AvgIpc) is 2.65. The maximum atomic E-state index is 9.61. The van der Waals surface area contributed by atoms with E-state index in [1.807, 2.05) is 17.5 Å². The fourth-order valence-corrected chi connectivity index (χ4v) is 1.65. The molecule has 0 bridgehead atoms. The van der Waals surface area contributed by atoms with E-state index >= 15 is 0 Å². The van der Waals surface area contributed by atoms with E-state index in [9.17, 15) is 5.11 Å². The average molecular weight is 195 g/mol. The Bertz CT molecular complexity index is 284. The van der Waals surface area contributed by atoms with Gasteiger partial charge in [-0.15, -0.1) is 17.3 Å². The lowest BCUT2D eigenvalue weighted by molar-refractivity contribution is 0.180. The van der Waals surface area contributed by atoms with Gasteiger partial charge in [0.1, 0.15) is 6.10 Å². The molecule has 2 nitrogen and oxygen atoms in total. The topological polar surface area (TPSA) is 32.3 Å². The normalized spacial score (nSPS) is 11.8. The van der Waals surface area contributed by atoms with Gasteiger partial charge in [0.05, 0.1) is 6.54 Å². The first-order valence-electron chi connectivity index (χ1n) is 4.16. The number of nitrogens with one attached hydrogen (secondary N) is 1. The van der Waals surface area contributed by atoms with Crippen LogP contribution in [-0.4, -0.2) is 18.2 Å². The van der Waals surface area contributed by atoms with Crippen molar-refractivity contribution >= 4 is 11.3 Å². The van der Waals surface area contributed by atoms with E-state index < -0.39 is 6.10 Å². The highest BCUT2D eigenvalue weighted by Crippen LogP contribution is 2.17. The largest absolute Gasteiger partial charge is 0.386 e. The molecule has 3 heteroatoms. The molecule has 0 amide bonds. The van der Waals surface area contributed by atoms with Gasteiger partial charge in [-0.1, -0.05) is 12.0 Å². The number of aliphatic hydroxyl groups excluding tert-OH is 1. The molecule has 13 heavy (non-hydrogen) atoms. The van der Waals surface area contributed by atoms with Crippen molar-refractivity contribution in [1.29, 1.82) is 0 Å². The van der Waals surface area contributed by atoms with Crippen LogP contribution in [0.1, 0.15) is 17.9 Å². The standard InChI is InChI=1S/C10H13NOS/c1-2-3-6-11-8-9(12)10-5-4-7-13-10/h4-5,7,9,11-12H,6,8H2,1H3. The summed E-state index contributed by atoms with van der Waals surface area (Å²) in [5, 5.41) is 14.6. The summed E-state index contributed by atoms with van der Waals surface area (Å²) >= 11 is 1.57. The van der Waals surface area contributed by atoms with Crippen LogP contribution in [0.15, 0.2) is 17.5 Å². The molecule has 0 saturated heterocycles. The van der Waals surface area contributed by atoms with Crippen LogP contribution in [0.3, 0.4) is 0 Å². The Hall–Kier alpha value is -0.820. The van der Waals surface area contributed by atoms with Gasteiger partial charge < -0.3 is 10.4 Å². The molecule has 1 heterocycles. The predicted octanol–water partition coefficient (Wildman–Crippen LogP) is 1.39. The molecule has 0 spiro atoms. The van der Waals surface area contributed by atoms with Crippen LogP contribution < -0.4 is 5.32 Å². The highest BCUT2D eigenvalue weighted by Gasteiger charge is 2.06. The van der Waals surface area contributed by atoms with Crippen molar-refractivity contribution < 1.29 is 5.11 Å². The number of hydrogen-bond donors (Lipinski definition) is 2. The summed E-state index contributed by atoms with van der Waals surface area (Å²) in [6, 6.07) is 3.87. The van der Waals surface area contributed by atoms with Gasteiger partial charge in [0, 0.05) is 11.4 Å². The Kier molecular flexibility index (Phi) is 4.55. The van der Waals surface area contributed by atoms with Crippen LogP contribution >= 0.6 is 11.3 Å². The fourth-order valence-electron chi connectivity index (χ4n) is 0.941. The van der Waals surface area contributed by atoms with Crippen LogP contribution in [0.2, 0.25) is 0 Å². The molecule has 70 valence electrons. The molecule has 1 rings (SSSR count). The van der Waals surface area contributed by atoms with E-state index in [-0.39, 0.29) is 0 Å². The summed E-state index contributed by atoms with van der Waals surface area (Å²) in [7, 11) is 0. The van der Waals surface area contributed by atoms with Gasteiger partial charge in [0.2, 0.25) is 0 Å². The first-order valence-corrected chi connectivity index (χ1v) is 5.04. The molecule has 1 atom stereocenters. The van der Waals surface area contributed by atoms with Crippen molar-refractivity contribution in [3.63, 3.8) is 0 Å². The van der Waals surface area contributed by atoms with Crippen molar-refractivity contribution in [1.82, 2.24) is 5.32 Å². The van der Waals surface area contributed by atoms with E-state index in [0.29, 0.717) is 13.1 Å². The second kappa shape index (κ2) is 5.76. The van der Waals surface area contributed by atoms with E-state index in [0.717, 1.165) is 4.88 Å². The molecule has 0 aromatic carbocycles. The SMILES string of the molecule is CC#CCNCC(O)c1cccs1. The first-order chi connectivity index (χ1) is 6.34. The molecule has 0 radical (unpaired) electrons. The molecule has 0 saturated carbocycles. The first kappa shape index (κ1) is 10.3. The molecular formula is C10H13NOS. The highest BCUT2D eigenvalue weighted by molar-refractivity contribution is 7.10. The Balaban J connectivity index is 2.25. The third-order valence-electron chi connectivity index (χ3n) is 1.60. The summed E-state index contributed by atoms with van der Waals surface area (Å²) in [4.78, 5) is 0.997. The smallest absolute Gasteiger partial charge is 0.101 e. The van der Waals surface area contributed by atoms with Gasteiger partial charge in [-0.05, 0) is 18.4 Å². The molecule has 1 unspecified atom stereocenters. The Labute approximate surface area is 82.6 Å². The minimum Gasteiger partial charge on any atom is -0.386 e. The lowest BCUT2D eigenvalue weighted by atomic mass is 10.3. The summed E-state index contributed by atoms with van der Waals surface area (Å²) in [6.07, 6.45) is -0.404. The zero-order valence-electron chi connectivity index (χ0n) is 7.58. The van der Waals surface area contributed by atoms with Crippen LogP contribution in [0.25, 0.3) is 0 Å². The van der Waals surface area contributed by atoms with E-state index in [1.54, 1.807) is 18.3 Å². The number of hydrogen-bond acceptors (Lipinski definition) is 3. The van der Waals surface area contributed by atoms with Gasteiger partial charge >= 0.3 is 0 Å². The van der Waals surface area contributed by atoms with Crippen molar-refractivity contribution in [2.24, 2.45) is 0 Å². The summed E-state index contributed by atoms with van der Waals surface area (Å²) in [6.45, 7) is 3.01. The number of rotatable bonds is 4. The van der Waals surface area contributed by atoms with Crippen LogP contribution in [0, 0.1) is 11.8 Å². The second-order valence-corrected chi connectivity index (χ2v) is 3.57. The zero-order valence-corrected chi connectivity index (χ0v) is 8.40. The van der Waals surface area contributed by atoms with Gasteiger partial charge in [0.25, 0.3) is 0 Å². The number of aliphatic hydroxyl groups is 1. The predicted molar refractivity (Wildman–Crippen MR) is 55.6 cm³/mol. The molecule has 1 aromatic rings. The lowest BCUT2D eigenvalue weighted by Gasteiger charge is -2.07. The molecule has 0 fully saturated rings. The second-order valence-electron chi connectivity index (χ2n) is 2.59. The van der Waals surface area contributed by atoms with Gasteiger partial charge in [-0.25, -0.2) is 0 Å². The van der Waals surface area contributed by atoms with Crippen molar-refractivity contribution in [2.45, 2.75) is 13.0 Å². The van der Waals surface area contributed by atoms with E-state index in [1.165, 1.54) is 0 Å².